The number of amides is 1. The third-order valence-corrected chi connectivity index (χ3v) is 3.59. The van der Waals surface area contributed by atoms with Crippen LogP contribution < -0.4 is 15.4 Å². The van der Waals surface area contributed by atoms with E-state index in [0.29, 0.717) is 11.6 Å². The molecule has 0 heterocycles. The van der Waals surface area contributed by atoms with Crippen molar-refractivity contribution in [2.45, 2.75) is 72.2 Å². The van der Waals surface area contributed by atoms with Gasteiger partial charge in [0.2, 0.25) is 5.91 Å². The van der Waals surface area contributed by atoms with Crippen LogP contribution in [0.5, 0.6) is 5.75 Å². The van der Waals surface area contributed by atoms with Gasteiger partial charge in [-0.05, 0) is 59.2 Å². The highest BCUT2D eigenvalue weighted by atomic mass is 35.5. The zero-order chi connectivity index (χ0) is 17.6. The second kappa shape index (κ2) is 8.55. The normalized spacial score (nSPS) is 13.0. The summed E-state index contributed by atoms with van der Waals surface area (Å²) in [4.78, 5) is 11.2. The van der Waals surface area contributed by atoms with E-state index in [-0.39, 0.29) is 23.6 Å². The van der Waals surface area contributed by atoms with Crippen molar-refractivity contribution >= 4 is 17.5 Å². The minimum atomic E-state index is -0.246. The SMILES string of the molecule is CC(=O)NC(C)(C)CC(C)NCc1cc(Cl)ccc1OC(C)C. The maximum absolute atomic E-state index is 11.2. The van der Waals surface area contributed by atoms with Crippen molar-refractivity contribution in [3.63, 3.8) is 0 Å². The summed E-state index contributed by atoms with van der Waals surface area (Å²) in [5, 5.41) is 7.15. The van der Waals surface area contributed by atoms with Crippen LogP contribution >= 0.6 is 11.6 Å². The van der Waals surface area contributed by atoms with Crippen LogP contribution in [0.25, 0.3) is 0 Å². The Balaban J connectivity index is 2.66. The van der Waals surface area contributed by atoms with Crippen LogP contribution in [0, 0.1) is 0 Å². The van der Waals surface area contributed by atoms with Crippen LogP contribution in [0.1, 0.15) is 53.5 Å². The first-order valence-electron chi connectivity index (χ1n) is 8.06. The van der Waals surface area contributed by atoms with Gasteiger partial charge in [-0.3, -0.25) is 4.79 Å². The molecule has 0 bridgehead atoms. The molecule has 1 aromatic rings. The molecule has 0 aliphatic rings. The summed E-state index contributed by atoms with van der Waals surface area (Å²) in [7, 11) is 0. The molecule has 0 radical (unpaired) electrons. The molecule has 1 atom stereocenters. The molecule has 4 nitrogen and oxygen atoms in total. The van der Waals surface area contributed by atoms with Gasteiger partial charge >= 0.3 is 0 Å². The third-order valence-electron chi connectivity index (χ3n) is 3.36. The first-order chi connectivity index (χ1) is 10.6. The van der Waals surface area contributed by atoms with Crippen molar-refractivity contribution < 1.29 is 9.53 Å². The predicted octanol–water partition coefficient (Wildman–Crippen LogP) is 3.91. The molecule has 23 heavy (non-hydrogen) atoms. The second-order valence-corrected chi connectivity index (χ2v) is 7.41. The lowest BCUT2D eigenvalue weighted by molar-refractivity contribution is -0.120. The minimum Gasteiger partial charge on any atom is -0.491 e. The molecule has 0 aliphatic carbocycles. The average Bonchev–Trinajstić information content (AvgIpc) is 2.36. The Labute approximate surface area is 144 Å². The summed E-state index contributed by atoms with van der Waals surface area (Å²) in [6, 6.07) is 5.91. The van der Waals surface area contributed by atoms with Crippen LogP contribution in [0.15, 0.2) is 18.2 Å². The van der Waals surface area contributed by atoms with Crippen molar-refractivity contribution in [3.05, 3.63) is 28.8 Å². The van der Waals surface area contributed by atoms with E-state index in [2.05, 4.69) is 17.6 Å². The molecule has 0 aliphatic heterocycles. The maximum atomic E-state index is 11.2. The number of ether oxygens (including phenoxy) is 1. The van der Waals surface area contributed by atoms with E-state index in [4.69, 9.17) is 16.3 Å². The van der Waals surface area contributed by atoms with Crippen molar-refractivity contribution in [2.75, 3.05) is 0 Å². The Morgan fingerprint density at radius 2 is 1.96 bits per heavy atom. The first kappa shape index (κ1) is 19.8. The lowest BCUT2D eigenvalue weighted by atomic mass is 9.95. The van der Waals surface area contributed by atoms with Gasteiger partial charge in [0.15, 0.2) is 0 Å². The standard InChI is InChI=1S/C18H29ClN2O2/c1-12(2)23-17-8-7-16(19)9-15(17)11-20-13(3)10-18(5,6)21-14(4)22/h7-9,12-13,20H,10-11H2,1-6H3,(H,21,22). The zero-order valence-corrected chi connectivity index (χ0v) is 15.8. The Hall–Kier alpha value is -1.26. The van der Waals surface area contributed by atoms with Crippen molar-refractivity contribution in [2.24, 2.45) is 0 Å². The van der Waals surface area contributed by atoms with Gasteiger partial charge in [-0.15, -0.1) is 0 Å². The fraction of sp³-hybridized carbons (Fsp3) is 0.611. The van der Waals surface area contributed by atoms with Gasteiger partial charge in [-0.25, -0.2) is 0 Å². The fourth-order valence-electron chi connectivity index (χ4n) is 2.70. The summed E-state index contributed by atoms with van der Waals surface area (Å²) in [5.74, 6) is 0.842. The minimum absolute atomic E-state index is 0.00957. The van der Waals surface area contributed by atoms with E-state index < -0.39 is 0 Å². The molecule has 1 amide bonds. The van der Waals surface area contributed by atoms with E-state index in [1.807, 2.05) is 45.9 Å². The Bertz CT molecular complexity index is 530. The number of halogens is 1. The molecule has 1 unspecified atom stereocenters. The molecule has 0 saturated carbocycles. The molecule has 5 heteroatoms. The van der Waals surface area contributed by atoms with Crippen molar-refractivity contribution in [1.82, 2.24) is 10.6 Å². The Morgan fingerprint density at radius 3 is 2.52 bits per heavy atom. The second-order valence-electron chi connectivity index (χ2n) is 6.97. The molecule has 130 valence electrons. The predicted molar refractivity (Wildman–Crippen MR) is 96.0 cm³/mol. The van der Waals surface area contributed by atoms with Gasteiger partial charge in [0.25, 0.3) is 0 Å². The molecule has 0 fully saturated rings. The number of benzene rings is 1. The molecular formula is C18H29ClN2O2. The molecule has 0 aromatic heterocycles. The summed E-state index contributed by atoms with van der Waals surface area (Å²) >= 11 is 6.10. The third kappa shape index (κ3) is 7.71. The lowest BCUT2D eigenvalue weighted by Crippen LogP contribution is -2.46. The summed E-state index contributed by atoms with van der Waals surface area (Å²) in [6.45, 7) is 12.4. The Morgan fingerprint density at radius 1 is 1.30 bits per heavy atom. The van der Waals surface area contributed by atoms with Crippen LogP contribution in [-0.2, 0) is 11.3 Å². The smallest absolute Gasteiger partial charge is 0.217 e. The molecule has 0 spiro atoms. The average molecular weight is 341 g/mol. The monoisotopic (exact) mass is 340 g/mol. The van der Waals surface area contributed by atoms with Crippen LogP contribution in [0.4, 0.5) is 0 Å². The maximum Gasteiger partial charge on any atom is 0.217 e. The highest BCUT2D eigenvalue weighted by Gasteiger charge is 2.21. The number of rotatable bonds is 8. The molecule has 2 N–H and O–H groups in total. The quantitative estimate of drug-likeness (QED) is 0.754. The summed E-state index contributed by atoms with van der Waals surface area (Å²) in [6.07, 6.45) is 0.944. The van der Waals surface area contributed by atoms with Gasteiger partial charge < -0.3 is 15.4 Å². The van der Waals surface area contributed by atoms with Crippen LogP contribution in [0.2, 0.25) is 5.02 Å². The van der Waals surface area contributed by atoms with Gasteiger partial charge in [-0.2, -0.15) is 0 Å². The topological polar surface area (TPSA) is 50.4 Å². The zero-order valence-electron chi connectivity index (χ0n) is 15.0. The number of hydrogen-bond donors (Lipinski definition) is 2. The summed E-state index contributed by atoms with van der Waals surface area (Å²) in [5.41, 5.74) is 0.791. The first-order valence-corrected chi connectivity index (χ1v) is 8.44. The summed E-state index contributed by atoms with van der Waals surface area (Å²) < 4.78 is 5.83. The van der Waals surface area contributed by atoms with E-state index >= 15 is 0 Å². The van der Waals surface area contributed by atoms with Gasteiger partial charge in [0.05, 0.1) is 6.10 Å². The highest BCUT2D eigenvalue weighted by molar-refractivity contribution is 6.30. The number of carbonyl (C=O) groups is 1. The van der Waals surface area contributed by atoms with E-state index in [0.717, 1.165) is 17.7 Å². The molecule has 0 saturated heterocycles. The van der Waals surface area contributed by atoms with Crippen LogP contribution in [-0.4, -0.2) is 23.6 Å². The van der Waals surface area contributed by atoms with Gasteiger partial charge in [0, 0.05) is 35.6 Å². The molecule has 1 rings (SSSR count). The molecule has 1 aromatic carbocycles. The van der Waals surface area contributed by atoms with E-state index in [1.54, 1.807) is 6.92 Å². The number of carbonyl (C=O) groups excluding carboxylic acids is 1. The number of nitrogens with one attached hydrogen (secondary N) is 2. The van der Waals surface area contributed by atoms with Gasteiger partial charge in [0.1, 0.15) is 5.75 Å². The van der Waals surface area contributed by atoms with E-state index in [9.17, 15) is 4.79 Å². The highest BCUT2D eigenvalue weighted by Crippen LogP contribution is 2.24. The Kier molecular flexibility index (Phi) is 7.36. The molecular weight excluding hydrogens is 312 g/mol. The van der Waals surface area contributed by atoms with Crippen molar-refractivity contribution in [3.8, 4) is 5.75 Å². The van der Waals surface area contributed by atoms with Crippen molar-refractivity contribution in [1.29, 1.82) is 0 Å². The fourth-order valence-corrected chi connectivity index (χ4v) is 2.90. The lowest BCUT2D eigenvalue weighted by Gasteiger charge is -2.29. The van der Waals surface area contributed by atoms with Gasteiger partial charge in [-0.1, -0.05) is 11.6 Å². The van der Waals surface area contributed by atoms with Crippen LogP contribution in [0.3, 0.4) is 0 Å². The largest absolute Gasteiger partial charge is 0.491 e. The number of hydrogen-bond acceptors (Lipinski definition) is 3. The van der Waals surface area contributed by atoms with E-state index in [1.165, 1.54) is 0 Å².